The molecule has 2 aromatic rings. The molecule has 0 radical (unpaired) electrons. The van der Waals surface area contributed by atoms with Crippen LogP contribution >= 0.6 is 0 Å². The second kappa shape index (κ2) is 11.2. The maximum Gasteiger partial charge on any atom is 0.360 e. The minimum atomic E-state index is -1.27. The molecule has 39 heavy (non-hydrogen) atoms. The van der Waals surface area contributed by atoms with E-state index < -0.39 is 58.5 Å². The van der Waals surface area contributed by atoms with Crippen LogP contribution in [0.15, 0.2) is 54.6 Å². The Balaban J connectivity index is 1.82. The van der Waals surface area contributed by atoms with Crippen LogP contribution < -0.4 is 10.6 Å². The third-order valence-corrected chi connectivity index (χ3v) is 8.33. The quantitative estimate of drug-likeness (QED) is 0.413. The number of para-hydroxylation sites is 1. The number of phenolic OH excluding ortho intramolecular Hbond substituents is 1. The Morgan fingerprint density at radius 2 is 1.77 bits per heavy atom. The summed E-state index contributed by atoms with van der Waals surface area (Å²) in [6.07, 6.45) is -0.758. The predicted octanol–water partition coefficient (Wildman–Crippen LogP) is 1.52. The molecule has 208 valence electrons. The van der Waals surface area contributed by atoms with Gasteiger partial charge in [0.2, 0.25) is 5.91 Å². The van der Waals surface area contributed by atoms with Crippen molar-refractivity contribution in [3.05, 3.63) is 65.7 Å². The van der Waals surface area contributed by atoms with Crippen LogP contribution in [0.1, 0.15) is 49.5 Å². The number of aliphatic hydroxyl groups excluding tert-OH is 1. The maximum absolute atomic E-state index is 14.3. The van der Waals surface area contributed by atoms with E-state index >= 15 is 0 Å². The molecule has 0 bridgehead atoms. The number of nitrogens with one attached hydrogen (secondary N) is 2. The van der Waals surface area contributed by atoms with Gasteiger partial charge in [0.1, 0.15) is 23.9 Å². The zero-order chi connectivity index (χ0) is 28.5. The Kier molecular flexibility index (Phi) is 8.08. The second-order valence-corrected chi connectivity index (χ2v) is 10.7. The lowest BCUT2D eigenvalue weighted by molar-refractivity contribution is -0.954. The highest BCUT2D eigenvalue weighted by atomic mass is 16.3. The molecule has 10 nitrogen and oxygen atoms in total. The van der Waals surface area contributed by atoms with Gasteiger partial charge >= 0.3 is 5.91 Å². The van der Waals surface area contributed by atoms with Gasteiger partial charge in [-0.1, -0.05) is 62.7 Å². The van der Waals surface area contributed by atoms with Crippen LogP contribution in [0.3, 0.4) is 0 Å². The van der Waals surface area contributed by atoms with Gasteiger partial charge in [-0.15, -0.1) is 0 Å². The Hall–Kier alpha value is -3.76. The highest BCUT2D eigenvalue weighted by molar-refractivity contribution is 6.00. The summed E-state index contributed by atoms with van der Waals surface area (Å²) in [6.45, 7) is 5.47. The van der Waals surface area contributed by atoms with Crippen molar-refractivity contribution in [2.24, 2.45) is 5.92 Å². The molecule has 2 saturated heterocycles. The fourth-order valence-corrected chi connectivity index (χ4v) is 5.65. The van der Waals surface area contributed by atoms with Crippen molar-refractivity contribution >= 4 is 23.6 Å². The molecule has 7 unspecified atom stereocenters. The van der Waals surface area contributed by atoms with Gasteiger partial charge in [-0.05, 0) is 30.5 Å². The lowest BCUT2D eigenvalue weighted by Gasteiger charge is -2.43. The van der Waals surface area contributed by atoms with E-state index in [1.807, 2.05) is 44.2 Å². The smallest absolute Gasteiger partial charge is 0.360 e. The zero-order valence-electron chi connectivity index (χ0n) is 22.7. The molecule has 2 aliphatic rings. The topological polar surface area (TPSA) is 136 Å². The highest BCUT2D eigenvalue weighted by Gasteiger charge is 2.64. The Labute approximate surface area is 228 Å². The van der Waals surface area contributed by atoms with Gasteiger partial charge in [0.15, 0.2) is 6.04 Å². The lowest BCUT2D eigenvalue weighted by Crippen LogP contribution is -2.69. The Morgan fingerprint density at radius 3 is 2.41 bits per heavy atom. The summed E-state index contributed by atoms with van der Waals surface area (Å²) < 4.78 is -0.533. The predicted molar refractivity (Wildman–Crippen MR) is 143 cm³/mol. The number of fused-ring (bicyclic) bond motifs is 1. The van der Waals surface area contributed by atoms with E-state index in [1.54, 1.807) is 26.1 Å². The molecule has 10 heteroatoms. The molecule has 4 amide bonds. The van der Waals surface area contributed by atoms with Crippen molar-refractivity contribution in [3.8, 4) is 5.75 Å². The van der Waals surface area contributed by atoms with E-state index in [2.05, 4.69) is 10.6 Å². The van der Waals surface area contributed by atoms with E-state index in [-0.39, 0.29) is 30.1 Å². The van der Waals surface area contributed by atoms with Crippen LogP contribution in [-0.2, 0) is 20.8 Å². The molecular weight excluding hydrogens is 500 g/mol. The van der Waals surface area contributed by atoms with Crippen molar-refractivity contribution in [1.82, 2.24) is 15.6 Å². The largest absolute Gasteiger partial charge is 0.507 e. The van der Waals surface area contributed by atoms with Crippen LogP contribution in [-0.4, -0.2) is 80.8 Å². The van der Waals surface area contributed by atoms with E-state index in [0.717, 1.165) is 5.56 Å². The normalized spacial score (nSPS) is 30.0. The van der Waals surface area contributed by atoms with Crippen LogP contribution in [0.4, 0.5) is 0 Å². The van der Waals surface area contributed by atoms with Gasteiger partial charge in [-0.25, -0.2) is 4.79 Å². The average Bonchev–Trinajstić information content (AvgIpc) is 3.11. The fraction of sp³-hybridized carbons (Fsp3) is 0.448. The number of rotatable bonds is 6. The van der Waals surface area contributed by atoms with E-state index in [1.165, 1.54) is 17.1 Å². The zero-order valence-corrected chi connectivity index (χ0v) is 22.7. The summed E-state index contributed by atoms with van der Waals surface area (Å²) in [7, 11) is 1.61. The van der Waals surface area contributed by atoms with E-state index in [0.29, 0.717) is 6.42 Å². The first kappa shape index (κ1) is 28.3. The Morgan fingerprint density at radius 1 is 1.13 bits per heavy atom. The number of nitrogens with zero attached hydrogens (tertiary/aromatic N) is 2. The number of carbonyl (C=O) groups is 4. The van der Waals surface area contributed by atoms with Gasteiger partial charge in [0.05, 0.1) is 25.1 Å². The van der Waals surface area contributed by atoms with Crippen molar-refractivity contribution in [2.75, 3.05) is 7.05 Å². The molecule has 0 aromatic heterocycles. The monoisotopic (exact) mass is 537 g/mol. The number of benzene rings is 2. The summed E-state index contributed by atoms with van der Waals surface area (Å²) in [6, 6.07) is 11.5. The molecular formula is C29H37N4O6+. The number of phenols is 1. The summed E-state index contributed by atoms with van der Waals surface area (Å²) in [5.74, 6) is -2.52. The molecule has 2 aromatic carbocycles. The van der Waals surface area contributed by atoms with E-state index in [4.69, 9.17) is 0 Å². The number of hydrogen-bond acceptors (Lipinski definition) is 6. The number of likely N-dealkylation sites (N-methyl/N-ethyl adjacent to an activating group) is 1. The average molecular weight is 538 g/mol. The van der Waals surface area contributed by atoms with Crippen molar-refractivity contribution < 1.29 is 34.0 Å². The highest BCUT2D eigenvalue weighted by Crippen LogP contribution is 2.36. The van der Waals surface area contributed by atoms with Crippen molar-refractivity contribution in [3.63, 3.8) is 0 Å². The molecule has 0 spiro atoms. The van der Waals surface area contributed by atoms with Crippen LogP contribution in [0.5, 0.6) is 5.75 Å². The molecule has 7 atom stereocenters. The molecule has 4 rings (SSSR count). The van der Waals surface area contributed by atoms with Gasteiger partial charge in [0.25, 0.3) is 11.8 Å². The van der Waals surface area contributed by atoms with Crippen LogP contribution in [0.2, 0.25) is 0 Å². The molecule has 2 aliphatic heterocycles. The first-order valence-electron chi connectivity index (χ1n) is 13.3. The number of aromatic hydroxyl groups is 1. The number of amides is 4. The number of hydrogen-bond donors (Lipinski definition) is 4. The van der Waals surface area contributed by atoms with Crippen molar-refractivity contribution in [2.45, 2.75) is 70.3 Å². The SMILES string of the molecule is CCC(C)C1NC(=O)CC(O)C(Cc2ccccc2)N2C(=O)C(NC(=O)c3ccccc3O)C(C)[N+]2(C)C1=O. The minimum Gasteiger partial charge on any atom is -0.507 e. The maximum atomic E-state index is 14.3. The summed E-state index contributed by atoms with van der Waals surface area (Å²) in [5.41, 5.74) is 0.823. The molecule has 2 heterocycles. The molecule has 2 fully saturated rings. The van der Waals surface area contributed by atoms with E-state index in [9.17, 15) is 29.4 Å². The lowest BCUT2D eigenvalue weighted by atomic mass is 9.96. The van der Waals surface area contributed by atoms with Crippen LogP contribution in [0, 0.1) is 5.92 Å². The third-order valence-electron chi connectivity index (χ3n) is 8.33. The van der Waals surface area contributed by atoms with Gasteiger partial charge < -0.3 is 20.8 Å². The first-order chi connectivity index (χ1) is 18.5. The Bertz CT molecular complexity index is 1250. The van der Waals surface area contributed by atoms with Gasteiger partial charge in [-0.3, -0.25) is 14.4 Å². The minimum absolute atomic E-state index is 0.00297. The number of aliphatic hydroxyl groups is 1. The first-order valence-corrected chi connectivity index (χ1v) is 13.3. The molecule has 0 aliphatic carbocycles. The second-order valence-electron chi connectivity index (χ2n) is 10.7. The standard InChI is InChI=1S/C29H36N4O6/c1-5-17(2)25-29(39)33(4)18(3)26(31-27(37)20-13-9-10-14-22(20)34)28(38)32(33)21(23(35)16-24(36)30-25)15-19-11-7-6-8-12-19/h6-14,17-18,21,23,25-26,35H,5,15-16H2,1-4H3,(H2-,30,31,34,36,37)/p+1. The summed E-state index contributed by atoms with van der Waals surface area (Å²) in [5, 5.41) is 28.4. The van der Waals surface area contributed by atoms with Crippen LogP contribution in [0.25, 0.3) is 0 Å². The summed E-state index contributed by atoms with van der Waals surface area (Å²) in [4.78, 5) is 54.6. The third kappa shape index (κ3) is 5.14. The van der Waals surface area contributed by atoms with Gasteiger partial charge in [0, 0.05) is 6.42 Å². The van der Waals surface area contributed by atoms with Crippen molar-refractivity contribution in [1.29, 1.82) is 0 Å². The number of carbonyl (C=O) groups excluding carboxylic acids is 4. The summed E-state index contributed by atoms with van der Waals surface area (Å²) >= 11 is 0. The number of quaternary nitrogens is 1. The van der Waals surface area contributed by atoms with Gasteiger partial charge in [-0.2, -0.15) is 9.60 Å². The fourth-order valence-electron chi connectivity index (χ4n) is 5.65. The molecule has 0 saturated carbocycles. The molecule has 4 N–H and O–H groups in total.